The van der Waals surface area contributed by atoms with Crippen LogP contribution in [0.2, 0.25) is 0 Å². The van der Waals surface area contributed by atoms with E-state index in [0.717, 1.165) is 5.57 Å². The van der Waals surface area contributed by atoms with Crippen molar-refractivity contribution in [2.24, 2.45) is 23.2 Å². The highest BCUT2D eigenvalue weighted by atomic mass is 16.6. The Hall–Kier alpha value is -2.75. The number of Topliss-reactive ketones (excluding diaryl/α,β-unsaturated/α-hetero) is 1. The van der Waals surface area contributed by atoms with Gasteiger partial charge in [0.1, 0.15) is 24.4 Å². The molecule has 3 rings (SSSR count). The molecule has 230 valence electrons. The summed E-state index contributed by atoms with van der Waals surface area (Å²) in [6.07, 6.45) is 1.32. The molecule has 0 spiro atoms. The van der Waals surface area contributed by atoms with Gasteiger partial charge in [0.25, 0.3) is 0 Å². The number of hydrogen-bond donors (Lipinski definition) is 0. The van der Waals surface area contributed by atoms with Crippen molar-refractivity contribution < 1.29 is 47.7 Å². The lowest BCUT2D eigenvalue weighted by Crippen LogP contribution is -2.64. The summed E-state index contributed by atoms with van der Waals surface area (Å²) in [4.78, 5) is 65.7. The Labute approximate surface area is 242 Å². The molecule has 0 aromatic heterocycles. The van der Waals surface area contributed by atoms with Crippen LogP contribution in [0.15, 0.2) is 11.6 Å². The third-order valence-electron chi connectivity index (χ3n) is 9.18. The molecular formula is C31H46O10. The van der Waals surface area contributed by atoms with E-state index in [2.05, 4.69) is 0 Å². The molecule has 9 atom stereocenters. The smallest absolute Gasteiger partial charge is 0.311 e. The summed E-state index contributed by atoms with van der Waals surface area (Å²) in [6, 6.07) is 0. The molecule has 0 bridgehead atoms. The standard InChI is InChI=1S/C31H46O10/c1-9-11-25(33)39-21-16-23(38-20(6)32)30(7)22(40-26(34)12-10-2)14-13-17(3)15-24-31(41-24,19(5)29(36)37-8)28(35)27(30)18(21)4/h15,18-19,21-24,27H,9-14,16H2,1-8H3/b17-15-/t18-,19+,21-,22-,23+,24-,27-,30+,31+/m0/s1. The molecule has 0 radical (unpaired) electrons. The molecule has 3 aliphatic rings. The molecule has 0 aromatic rings. The van der Waals surface area contributed by atoms with E-state index in [1.54, 1.807) is 6.92 Å². The van der Waals surface area contributed by atoms with E-state index in [4.69, 9.17) is 23.7 Å². The number of allylic oxidation sites excluding steroid dienone is 1. The molecule has 0 amide bonds. The number of methoxy groups -OCH3 is 1. The maximum absolute atomic E-state index is 14.9. The first-order valence-electron chi connectivity index (χ1n) is 14.8. The van der Waals surface area contributed by atoms with Crippen LogP contribution >= 0.6 is 0 Å². The van der Waals surface area contributed by atoms with Crippen LogP contribution in [-0.2, 0) is 47.7 Å². The lowest BCUT2D eigenvalue weighted by molar-refractivity contribution is -0.212. The number of rotatable bonds is 9. The fraction of sp³-hybridized carbons (Fsp3) is 0.774. The first-order valence-corrected chi connectivity index (χ1v) is 14.8. The summed E-state index contributed by atoms with van der Waals surface area (Å²) < 4.78 is 29.0. The van der Waals surface area contributed by atoms with Gasteiger partial charge < -0.3 is 23.7 Å². The lowest BCUT2D eigenvalue weighted by Gasteiger charge is -2.54. The van der Waals surface area contributed by atoms with Gasteiger partial charge in [-0.25, -0.2) is 0 Å². The minimum absolute atomic E-state index is 0.136. The van der Waals surface area contributed by atoms with Crippen molar-refractivity contribution in [1.82, 2.24) is 0 Å². The quantitative estimate of drug-likeness (QED) is 0.169. The summed E-state index contributed by atoms with van der Waals surface area (Å²) >= 11 is 0. The van der Waals surface area contributed by atoms with Gasteiger partial charge in [0.2, 0.25) is 0 Å². The van der Waals surface area contributed by atoms with Crippen molar-refractivity contribution in [3.8, 4) is 0 Å². The van der Waals surface area contributed by atoms with E-state index in [1.165, 1.54) is 14.0 Å². The number of fused-ring (bicyclic) bond motifs is 2. The summed E-state index contributed by atoms with van der Waals surface area (Å²) in [7, 11) is 1.26. The topological polar surface area (TPSA) is 135 Å². The van der Waals surface area contributed by atoms with Crippen molar-refractivity contribution in [3.05, 3.63) is 11.6 Å². The molecule has 1 saturated carbocycles. The Kier molecular flexibility index (Phi) is 10.4. The number of hydrogen-bond acceptors (Lipinski definition) is 10. The predicted octanol–water partition coefficient (Wildman–Crippen LogP) is 4.26. The third kappa shape index (κ3) is 6.37. The van der Waals surface area contributed by atoms with E-state index < -0.39 is 77.1 Å². The van der Waals surface area contributed by atoms with Crippen LogP contribution in [0.25, 0.3) is 0 Å². The zero-order chi connectivity index (χ0) is 30.7. The molecule has 10 heteroatoms. The molecule has 0 N–H and O–H groups in total. The number of ketones is 1. The Morgan fingerprint density at radius 3 is 2.22 bits per heavy atom. The number of ether oxygens (including phenoxy) is 5. The molecule has 1 heterocycles. The zero-order valence-corrected chi connectivity index (χ0v) is 25.7. The highest BCUT2D eigenvalue weighted by Gasteiger charge is 2.72. The average Bonchev–Trinajstić information content (AvgIpc) is 3.62. The van der Waals surface area contributed by atoms with E-state index in [9.17, 15) is 24.0 Å². The van der Waals surface area contributed by atoms with Gasteiger partial charge in [-0.3, -0.25) is 24.0 Å². The Balaban J connectivity index is 2.24. The largest absolute Gasteiger partial charge is 0.469 e. The number of carbonyl (C=O) groups is 5. The lowest BCUT2D eigenvalue weighted by atomic mass is 9.53. The maximum atomic E-state index is 14.9. The molecule has 1 aliphatic heterocycles. The summed E-state index contributed by atoms with van der Waals surface area (Å²) in [5.74, 6) is -4.83. The first kappa shape index (κ1) is 32.8. The fourth-order valence-electron chi connectivity index (χ4n) is 6.86. The highest BCUT2D eigenvalue weighted by Crippen LogP contribution is 2.58. The first-order chi connectivity index (χ1) is 19.3. The second-order valence-electron chi connectivity index (χ2n) is 12.0. The summed E-state index contributed by atoms with van der Waals surface area (Å²) in [5, 5.41) is 0. The van der Waals surface area contributed by atoms with Gasteiger partial charge in [0, 0.05) is 38.0 Å². The van der Waals surface area contributed by atoms with Gasteiger partial charge in [0.05, 0.1) is 18.4 Å². The van der Waals surface area contributed by atoms with E-state index in [0.29, 0.717) is 25.7 Å². The van der Waals surface area contributed by atoms with Gasteiger partial charge in [-0.05, 0) is 39.5 Å². The molecule has 2 aliphatic carbocycles. The molecule has 41 heavy (non-hydrogen) atoms. The Bertz CT molecular complexity index is 1070. The second kappa shape index (κ2) is 13.0. The van der Waals surface area contributed by atoms with Crippen LogP contribution in [0.3, 0.4) is 0 Å². The van der Waals surface area contributed by atoms with Crippen molar-refractivity contribution >= 4 is 29.7 Å². The highest BCUT2D eigenvalue weighted by molar-refractivity contribution is 5.98. The second-order valence-corrected chi connectivity index (χ2v) is 12.0. The van der Waals surface area contributed by atoms with E-state index >= 15 is 0 Å². The van der Waals surface area contributed by atoms with Gasteiger partial charge in [-0.1, -0.05) is 39.3 Å². The van der Waals surface area contributed by atoms with Crippen LogP contribution in [0.4, 0.5) is 0 Å². The monoisotopic (exact) mass is 578 g/mol. The minimum Gasteiger partial charge on any atom is -0.469 e. The van der Waals surface area contributed by atoms with Crippen molar-refractivity contribution in [1.29, 1.82) is 0 Å². The van der Waals surface area contributed by atoms with E-state index in [-0.39, 0.29) is 25.0 Å². The van der Waals surface area contributed by atoms with Crippen LogP contribution in [-0.4, -0.2) is 66.8 Å². The van der Waals surface area contributed by atoms with Crippen LogP contribution in [0, 0.1) is 23.2 Å². The van der Waals surface area contributed by atoms with Crippen LogP contribution in [0.5, 0.6) is 0 Å². The van der Waals surface area contributed by atoms with Crippen molar-refractivity contribution in [2.45, 2.75) is 123 Å². The molecule has 0 aromatic carbocycles. The maximum Gasteiger partial charge on any atom is 0.311 e. The molecule has 10 nitrogen and oxygen atoms in total. The SMILES string of the molecule is CCCC(=O)O[C@H]1C[C@@H](OC(C)=O)[C@@]2(C)[C@@H](OC(=O)CCC)CC/C(C)=C\[C@@H]3O[C@@]3([C@H](C)C(=O)OC)C(=O)[C@@H]2[C@H]1C. The molecule has 1 saturated heterocycles. The normalized spacial score (nSPS) is 36.8. The Morgan fingerprint density at radius 1 is 1.05 bits per heavy atom. The van der Waals surface area contributed by atoms with Crippen LogP contribution in [0.1, 0.15) is 93.4 Å². The van der Waals surface area contributed by atoms with Gasteiger partial charge >= 0.3 is 23.9 Å². The molecular weight excluding hydrogens is 532 g/mol. The van der Waals surface area contributed by atoms with Gasteiger partial charge in [-0.2, -0.15) is 0 Å². The predicted molar refractivity (Wildman–Crippen MR) is 147 cm³/mol. The number of epoxide rings is 1. The van der Waals surface area contributed by atoms with Crippen LogP contribution < -0.4 is 0 Å². The fourth-order valence-corrected chi connectivity index (χ4v) is 6.86. The van der Waals surface area contributed by atoms with Crippen molar-refractivity contribution in [3.63, 3.8) is 0 Å². The summed E-state index contributed by atoms with van der Waals surface area (Å²) in [5.41, 5.74) is -1.82. The average molecular weight is 579 g/mol. The van der Waals surface area contributed by atoms with E-state index in [1.807, 2.05) is 40.7 Å². The minimum atomic E-state index is -1.53. The van der Waals surface area contributed by atoms with Crippen molar-refractivity contribution in [2.75, 3.05) is 7.11 Å². The number of carbonyl (C=O) groups excluding carboxylic acids is 5. The summed E-state index contributed by atoms with van der Waals surface area (Å²) in [6.45, 7) is 12.2. The molecule has 0 unspecified atom stereocenters. The molecule has 2 fully saturated rings. The number of esters is 4. The van der Waals surface area contributed by atoms with Gasteiger partial charge in [0.15, 0.2) is 11.4 Å². The zero-order valence-electron chi connectivity index (χ0n) is 25.7. The third-order valence-corrected chi connectivity index (χ3v) is 9.18. The Morgan fingerprint density at radius 2 is 1.66 bits per heavy atom. The van der Waals surface area contributed by atoms with Gasteiger partial charge in [-0.15, -0.1) is 0 Å².